The average molecular weight is 421 g/mol. The lowest BCUT2D eigenvalue weighted by molar-refractivity contribution is -0.117. The second-order valence-electron chi connectivity index (χ2n) is 7.39. The molecule has 0 radical (unpaired) electrons. The van der Waals surface area contributed by atoms with Gasteiger partial charge in [0.05, 0.1) is 16.6 Å². The van der Waals surface area contributed by atoms with Crippen molar-refractivity contribution in [1.82, 2.24) is 0 Å². The Balaban J connectivity index is 1.79. The molecule has 4 nitrogen and oxygen atoms in total. The molecule has 1 unspecified atom stereocenters. The van der Waals surface area contributed by atoms with Crippen molar-refractivity contribution >= 4 is 34.8 Å². The van der Waals surface area contributed by atoms with E-state index in [4.69, 9.17) is 11.6 Å². The van der Waals surface area contributed by atoms with Crippen LogP contribution in [0.3, 0.4) is 0 Å². The lowest BCUT2D eigenvalue weighted by atomic mass is 9.95. The topological polar surface area (TPSA) is 58.2 Å². The van der Waals surface area contributed by atoms with E-state index < -0.39 is 0 Å². The molecule has 0 bridgehead atoms. The van der Waals surface area contributed by atoms with Gasteiger partial charge in [0.2, 0.25) is 5.91 Å². The van der Waals surface area contributed by atoms with Gasteiger partial charge in [-0.2, -0.15) is 0 Å². The summed E-state index contributed by atoms with van der Waals surface area (Å²) >= 11 is 6.29. The number of benzene rings is 3. The highest BCUT2D eigenvalue weighted by Gasteiger charge is 2.20. The zero-order valence-corrected chi connectivity index (χ0v) is 18.1. The number of halogens is 1. The second kappa shape index (κ2) is 9.59. The first-order chi connectivity index (χ1) is 14.4. The Morgan fingerprint density at radius 2 is 1.57 bits per heavy atom. The summed E-state index contributed by atoms with van der Waals surface area (Å²) in [6.07, 6.45) is 0.653. The number of hydrogen-bond acceptors (Lipinski definition) is 2. The van der Waals surface area contributed by atoms with Gasteiger partial charge in [-0.05, 0) is 67.3 Å². The third kappa shape index (κ3) is 5.28. The highest BCUT2D eigenvalue weighted by molar-refractivity contribution is 6.34. The van der Waals surface area contributed by atoms with Crippen molar-refractivity contribution in [3.05, 3.63) is 94.0 Å². The minimum Gasteiger partial charge on any atom is -0.324 e. The van der Waals surface area contributed by atoms with Gasteiger partial charge >= 0.3 is 0 Å². The minimum atomic E-state index is -0.296. The first-order valence-electron chi connectivity index (χ1n) is 9.92. The van der Waals surface area contributed by atoms with E-state index in [0.29, 0.717) is 22.7 Å². The molecule has 0 aliphatic carbocycles. The number of aryl methyl sites for hydroxylation is 2. The molecule has 5 heteroatoms. The molecule has 154 valence electrons. The summed E-state index contributed by atoms with van der Waals surface area (Å²) in [5.41, 5.74) is 4.65. The second-order valence-corrected chi connectivity index (χ2v) is 7.79. The molecule has 0 saturated carbocycles. The van der Waals surface area contributed by atoms with Crippen LogP contribution in [0.4, 0.5) is 11.4 Å². The van der Waals surface area contributed by atoms with Crippen LogP contribution in [0.2, 0.25) is 5.02 Å². The molecule has 3 aromatic rings. The maximum atomic E-state index is 12.9. The summed E-state index contributed by atoms with van der Waals surface area (Å²) in [5.74, 6) is -0.713. The largest absolute Gasteiger partial charge is 0.324 e. The zero-order valence-electron chi connectivity index (χ0n) is 17.3. The normalized spacial score (nSPS) is 11.6. The molecule has 30 heavy (non-hydrogen) atoms. The number of amides is 2. The van der Waals surface area contributed by atoms with E-state index in [2.05, 4.69) is 10.6 Å². The average Bonchev–Trinajstić information content (AvgIpc) is 2.70. The van der Waals surface area contributed by atoms with Crippen molar-refractivity contribution in [2.75, 3.05) is 10.6 Å². The van der Waals surface area contributed by atoms with Crippen molar-refractivity contribution in [2.45, 2.75) is 33.1 Å². The molecule has 2 amide bonds. The third-order valence-corrected chi connectivity index (χ3v) is 5.22. The predicted molar refractivity (Wildman–Crippen MR) is 123 cm³/mol. The van der Waals surface area contributed by atoms with Gasteiger partial charge < -0.3 is 10.6 Å². The fraction of sp³-hybridized carbons (Fsp3) is 0.200. The van der Waals surface area contributed by atoms with Gasteiger partial charge in [-0.15, -0.1) is 0 Å². The fourth-order valence-corrected chi connectivity index (χ4v) is 3.65. The van der Waals surface area contributed by atoms with Crippen LogP contribution in [-0.2, 0) is 4.79 Å². The van der Waals surface area contributed by atoms with Crippen LogP contribution in [0.15, 0.2) is 66.7 Å². The van der Waals surface area contributed by atoms with Gasteiger partial charge in [0.15, 0.2) is 0 Å². The molecular formula is C25H25ClN2O2. The van der Waals surface area contributed by atoms with Crippen LogP contribution in [0.5, 0.6) is 0 Å². The van der Waals surface area contributed by atoms with Gasteiger partial charge in [0.25, 0.3) is 5.91 Å². The molecule has 0 fully saturated rings. The number of hydrogen-bond donors (Lipinski definition) is 2. The number of anilines is 2. The number of carbonyl (C=O) groups excluding carboxylic acids is 2. The molecular weight excluding hydrogens is 396 g/mol. The number of carbonyl (C=O) groups is 2. The van der Waals surface area contributed by atoms with E-state index >= 15 is 0 Å². The molecule has 3 rings (SSSR count). The lowest BCUT2D eigenvalue weighted by Gasteiger charge is -2.17. The van der Waals surface area contributed by atoms with E-state index in [9.17, 15) is 9.59 Å². The Hall–Kier alpha value is -3.11. The molecule has 1 atom stereocenters. The molecule has 0 saturated heterocycles. The summed E-state index contributed by atoms with van der Waals surface area (Å²) in [6, 6.07) is 20.4. The maximum absolute atomic E-state index is 12.9. The number of rotatable bonds is 6. The van der Waals surface area contributed by atoms with Crippen molar-refractivity contribution in [3.8, 4) is 0 Å². The molecule has 0 spiro atoms. The fourth-order valence-electron chi connectivity index (χ4n) is 3.49. The predicted octanol–water partition coefficient (Wildman–Crippen LogP) is 6.34. The Morgan fingerprint density at radius 1 is 0.900 bits per heavy atom. The van der Waals surface area contributed by atoms with Crippen molar-refractivity contribution in [3.63, 3.8) is 0 Å². The van der Waals surface area contributed by atoms with Crippen molar-refractivity contribution in [2.24, 2.45) is 0 Å². The Morgan fingerprint density at radius 3 is 2.20 bits per heavy atom. The van der Waals surface area contributed by atoms with Gasteiger partial charge in [-0.25, -0.2) is 0 Å². The molecule has 0 aliphatic rings. The van der Waals surface area contributed by atoms with E-state index in [-0.39, 0.29) is 17.7 Å². The van der Waals surface area contributed by atoms with Gasteiger partial charge in [-0.3, -0.25) is 9.59 Å². The van der Waals surface area contributed by atoms with E-state index in [1.807, 2.05) is 69.3 Å². The summed E-state index contributed by atoms with van der Waals surface area (Å²) in [6.45, 7) is 5.93. The highest BCUT2D eigenvalue weighted by atomic mass is 35.5. The summed E-state index contributed by atoms with van der Waals surface area (Å²) in [7, 11) is 0. The molecule has 0 heterocycles. The van der Waals surface area contributed by atoms with Crippen LogP contribution in [-0.4, -0.2) is 11.8 Å². The van der Waals surface area contributed by atoms with Gasteiger partial charge in [-0.1, -0.05) is 54.9 Å². The Bertz CT molecular complexity index is 1040. The van der Waals surface area contributed by atoms with Crippen LogP contribution in [0.25, 0.3) is 0 Å². The first-order valence-corrected chi connectivity index (χ1v) is 10.3. The SMILES string of the molecule is CCC(C(=O)Nc1cc(C(=O)Nc2cc(C)cc(C)c2)ccc1Cl)c1ccccc1. The minimum absolute atomic E-state index is 0.155. The van der Waals surface area contributed by atoms with Crippen molar-refractivity contribution < 1.29 is 9.59 Å². The van der Waals surface area contributed by atoms with E-state index in [1.165, 1.54) is 0 Å². The standard InChI is InChI=1S/C25H25ClN2O2/c1-4-21(18-8-6-5-7-9-18)25(30)28-23-15-19(10-11-22(23)26)24(29)27-20-13-16(2)12-17(3)14-20/h5-15,21H,4H2,1-3H3,(H,27,29)(H,28,30). The molecule has 0 aromatic heterocycles. The van der Waals surface area contributed by atoms with Gasteiger partial charge in [0.1, 0.15) is 0 Å². The van der Waals surface area contributed by atoms with Crippen LogP contribution in [0.1, 0.15) is 46.3 Å². The van der Waals surface area contributed by atoms with Gasteiger partial charge in [0, 0.05) is 11.3 Å². The van der Waals surface area contributed by atoms with E-state index in [0.717, 1.165) is 22.4 Å². The lowest BCUT2D eigenvalue weighted by Crippen LogP contribution is -2.21. The van der Waals surface area contributed by atoms with E-state index in [1.54, 1.807) is 18.2 Å². The first kappa shape index (κ1) is 21.6. The third-order valence-electron chi connectivity index (χ3n) is 4.89. The zero-order chi connectivity index (χ0) is 21.7. The number of nitrogens with one attached hydrogen (secondary N) is 2. The summed E-state index contributed by atoms with van der Waals surface area (Å²) < 4.78 is 0. The maximum Gasteiger partial charge on any atom is 0.255 e. The monoisotopic (exact) mass is 420 g/mol. The summed E-state index contributed by atoms with van der Waals surface area (Å²) in [5, 5.41) is 6.17. The Labute approximate surface area is 182 Å². The summed E-state index contributed by atoms with van der Waals surface area (Å²) in [4.78, 5) is 25.6. The highest BCUT2D eigenvalue weighted by Crippen LogP contribution is 2.27. The smallest absolute Gasteiger partial charge is 0.255 e. The Kier molecular flexibility index (Phi) is 6.91. The van der Waals surface area contributed by atoms with Crippen LogP contribution >= 0.6 is 11.6 Å². The molecule has 3 aromatic carbocycles. The molecule has 0 aliphatic heterocycles. The molecule has 2 N–H and O–H groups in total. The van der Waals surface area contributed by atoms with Crippen LogP contribution in [0, 0.1) is 13.8 Å². The van der Waals surface area contributed by atoms with Crippen LogP contribution < -0.4 is 10.6 Å². The van der Waals surface area contributed by atoms with Crippen molar-refractivity contribution in [1.29, 1.82) is 0 Å². The quantitative estimate of drug-likeness (QED) is 0.488.